The van der Waals surface area contributed by atoms with Crippen molar-refractivity contribution in [3.63, 3.8) is 0 Å². The Kier molecular flexibility index (Phi) is 5.09. The van der Waals surface area contributed by atoms with Crippen LogP contribution in [0.2, 0.25) is 0 Å². The van der Waals surface area contributed by atoms with Crippen molar-refractivity contribution in [3.8, 4) is 0 Å². The molecule has 0 aliphatic carbocycles. The summed E-state index contributed by atoms with van der Waals surface area (Å²) >= 11 is 1.39. The van der Waals surface area contributed by atoms with Crippen LogP contribution in [0, 0.1) is 5.92 Å². The average Bonchev–Trinajstić information content (AvgIpc) is 2.93. The number of sulfone groups is 1. The van der Waals surface area contributed by atoms with Gasteiger partial charge in [0, 0.05) is 12.8 Å². The predicted octanol–water partition coefficient (Wildman–Crippen LogP) is 1.64. The molecule has 112 valence electrons. The van der Waals surface area contributed by atoms with Gasteiger partial charge in [-0.25, -0.2) is 8.42 Å². The van der Waals surface area contributed by atoms with Crippen molar-refractivity contribution >= 4 is 32.2 Å². The Hall–Kier alpha value is -1.02. The molecule has 1 aromatic heterocycles. The Morgan fingerprint density at radius 3 is 2.90 bits per heavy atom. The van der Waals surface area contributed by atoms with Gasteiger partial charge in [0.2, 0.25) is 11.0 Å². The minimum atomic E-state index is -2.93. The highest BCUT2D eigenvalue weighted by Gasteiger charge is 2.29. The fraction of sp³-hybridized carbons (Fsp3) is 0.750. The molecule has 0 bridgehead atoms. The number of aryl methyl sites for hydroxylation is 1. The molecule has 1 aliphatic rings. The smallest absolute Gasteiger partial charge is 0.226 e. The van der Waals surface area contributed by atoms with Crippen LogP contribution in [-0.4, -0.2) is 36.0 Å². The number of carbonyl (C=O) groups excluding carboxylic acids is 1. The molecule has 2 heterocycles. The first-order valence-corrected chi connectivity index (χ1v) is 9.45. The molecule has 0 aromatic carbocycles. The monoisotopic (exact) mass is 317 g/mol. The van der Waals surface area contributed by atoms with Gasteiger partial charge in [0.15, 0.2) is 9.84 Å². The average molecular weight is 317 g/mol. The Balaban J connectivity index is 1.81. The first-order valence-electron chi connectivity index (χ1n) is 6.81. The number of rotatable bonds is 6. The number of aromatic nitrogens is 2. The molecule has 20 heavy (non-hydrogen) atoms. The SMILES string of the molecule is CCCCc1nnc(NC(=O)C[C@@H]2CCS(=O)(=O)C2)s1. The maximum Gasteiger partial charge on any atom is 0.226 e. The van der Waals surface area contributed by atoms with E-state index in [0.29, 0.717) is 11.6 Å². The zero-order valence-electron chi connectivity index (χ0n) is 11.5. The van der Waals surface area contributed by atoms with Crippen LogP contribution in [0.3, 0.4) is 0 Å². The molecule has 1 amide bonds. The molecule has 1 saturated heterocycles. The molecule has 0 radical (unpaired) electrons. The highest BCUT2D eigenvalue weighted by Crippen LogP contribution is 2.23. The number of hydrogen-bond acceptors (Lipinski definition) is 6. The highest BCUT2D eigenvalue weighted by atomic mass is 32.2. The summed E-state index contributed by atoms with van der Waals surface area (Å²) in [5.74, 6) is 0.0845. The summed E-state index contributed by atoms with van der Waals surface area (Å²) in [4.78, 5) is 11.8. The fourth-order valence-electron chi connectivity index (χ4n) is 2.20. The second-order valence-corrected chi connectivity index (χ2v) is 8.42. The van der Waals surface area contributed by atoms with Crippen molar-refractivity contribution in [2.45, 2.75) is 39.0 Å². The zero-order chi connectivity index (χ0) is 14.6. The number of carbonyl (C=O) groups is 1. The Labute approximate surface area is 122 Å². The Morgan fingerprint density at radius 2 is 2.25 bits per heavy atom. The normalized spacial score (nSPS) is 20.9. The quantitative estimate of drug-likeness (QED) is 0.861. The summed E-state index contributed by atoms with van der Waals surface area (Å²) in [6.07, 6.45) is 3.85. The molecule has 0 spiro atoms. The number of nitrogens with one attached hydrogen (secondary N) is 1. The third kappa shape index (κ3) is 4.52. The van der Waals surface area contributed by atoms with E-state index in [-0.39, 0.29) is 29.8 Å². The van der Waals surface area contributed by atoms with E-state index in [0.717, 1.165) is 24.3 Å². The zero-order valence-corrected chi connectivity index (χ0v) is 13.1. The number of unbranched alkanes of at least 4 members (excludes halogenated alkanes) is 1. The molecule has 1 N–H and O–H groups in total. The molecule has 1 aliphatic heterocycles. The Morgan fingerprint density at radius 1 is 1.45 bits per heavy atom. The summed E-state index contributed by atoms with van der Waals surface area (Å²) in [7, 11) is -2.93. The van der Waals surface area contributed by atoms with E-state index in [9.17, 15) is 13.2 Å². The van der Waals surface area contributed by atoms with Gasteiger partial charge in [-0.1, -0.05) is 24.7 Å². The molecule has 1 fully saturated rings. The van der Waals surface area contributed by atoms with Gasteiger partial charge in [0.05, 0.1) is 11.5 Å². The van der Waals surface area contributed by atoms with Crippen LogP contribution in [0.15, 0.2) is 0 Å². The lowest BCUT2D eigenvalue weighted by atomic mass is 10.1. The van der Waals surface area contributed by atoms with Crippen LogP contribution >= 0.6 is 11.3 Å². The fourth-order valence-corrected chi connectivity index (χ4v) is 4.86. The van der Waals surface area contributed by atoms with Crippen LogP contribution in [-0.2, 0) is 21.1 Å². The first kappa shape index (κ1) is 15.4. The molecule has 0 saturated carbocycles. The maximum absolute atomic E-state index is 11.8. The van der Waals surface area contributed by atoms with Crippen molar-refractivity contribution < 1.29 is 13.2 Å². The molecule has 1 aromatic rings. The molecular formula is C12H19N3O3S2. The van der Waals surface area contributed by atoms with E-state index in [1.54, 1.807) is 0 Å². The lowest BCUT2D eigenvalue weighted by Gasteiger charge is -2.05. The van der Waals surface area contributed by atoms with Gasteiger partial charge in [0.1, 0.15) is 5.01 Å². The largest absolute Gasteiger partial charge is 0.301 e. The van der Waals surface area contributed by atoms with Crippen molar-refractivity contribution in [1.29, 1.82) is 0 Å². The molecule has 2 rings (SSSR count). The number of hydrogen-bond donors (Lipinski definition) is 1. The summed E-state index contributed by atoms with van der Waals surface area (Å²) in [6, 6.07) is 0. The third-order valence-corrected chi connectivity index (χ3v) is 5.99. The standard InChI is InChI=1S/C12H19N3O3S2/c1-2-3-4-11-14-15-12(19-11)13-10(16)7-9-5-6-20(17,18)8-9/h9H,2-8H2,1H3,(H,13,15,16)/t9-/m0/s1. The second kappa shape index (κ2) is 6.62. The van der Waals surface area contributed by atoms with E-state index in [1.165, 1.54) is 11.3 Å². The molecular weight excluding hydrogens is 298 g/mol. The Bertz CT molecular complexity index is 568. The molecule has 6 nitrogen and oxygen atoms in total. The van der Waals surface area contributed by atoms with Gasteiger partial charge in [-0.15, -0.1) is 10.2 Å². The van der Waals surface area contributed by atoms with E-state index in [4.69, 9.17) is 0 Å². The lowest BCUT2D eigenvalue weighted by Crippen LogP contribution is -2.17. The van der Waals surface area contributed by atoms with Crippen LogP contribution in [0.1, 0.15) is 37.6 Å². The van der Waals surface area contributed by atoms with Gasteiger partial charge < -0.3 is 5.32 Å². The van der Waals surface area contributed by atoms with E-state index in [1.807, 2.05) is 0 Å². The third-order valence-electron chi connectivity index (χ3n) is 3.26. The predicted molar refractivity (Wildman–Crippen MR) is 78.5 cm³/mol. The molecule has 0 unspecified atom stereocenters. The lowest BCUT2D eigenvalue weighted by molar-refractivity contribution is -0.116. The summed E-state index contributed by atoms with van der Waals surface area (Å²) in [5, 5.41) is 12.1. The summed E-state index contributed by atoms with van der Waals surface area (Å²) in [6.45, 7) is 2.11. The molecule has 8 heteroatoms. The summed E-state index contributed by atoms with van der Waals surface area (Å²) < 4.78 is 22.7. The van der Waals surface area contributed by atoms with Crippen LogP contribution in [0.4, 0.5) is 5.13 Å². The number of amides is 1. The van der Waals surface area contributed by atoms with Gasteiger partial charge in [-0.2, -0.15) is 0 Å². The van der Waals surface area contributed by atoms with Crippen molar-refractivity contribution in [3.05, 3.63) is 5.01 Å². The highest BCUT2D eigenvalue weighted by molar-refractivity contribution is 7.91. The van der Waals surface area contributed by atoms with Crippen LogP contribution < -0.4 is 5.32 Å². The topological polar surface area (TPSA) is 89.0 Å². The van der Waals surface area contributed by atoms with Crippen molar-refractivity contribution in [2.24, 2.45) is 5.92 Å². The van der Waals surface area contributed by atoms with Gasteiger partial charge in [0.25, 0.3) is 0 Å². The number of anilines is 1. The summed E-state index contributed by atoms with van der Waals surface area (Å²) in [5.41, 5.74) is 0. The second-order valence-electron chi connectivity index (χ2n) is 5.13. The van der Waals surface area contributed by atoms with Crippen LogP contribution in [0.25, 0.3) is 0 Å². The number of nitrogens with zero attached hydrogens (tertiary/aromatic N) is 2. The molecule has 1 atom stereocenters. The van der Waals surface area contributed by atoms with E-state index in [2.05, 4.69) is 22.4 Å². The maximum atomic E-state index is 11.8. The minimum absolute atomic E-state index is 0.0625. The van der Waals surface area contributed by atoms with Crippen molar-refractivity contribution in [1.82, 2.24) is 10.2 Å². The minimum Gasteiger partial charge on any atom is -0.301 e. The van der Waals surface area contributed by atoms with Gasteiger partial charge in [-0.05, 0) is 18.8 Å². The van der Waals surface area contributed by atoms with Crippen molar-refractivity contribution in [2.75, 3.05) is 16.8 Å². The first-order chi connectivity index (χ1) is 9.48. The van der Waals surface area contributed by atoms with Crippen LogP contribution in [0.5, 0.6) is 0 Å². The van der Waals surface area contributed by atoms with Gasteiger partial charge >= 0.3 is 0 Å². The van der Waals surface area contributed by atoms with E-state index >= 15 is 0 Å². The van der Waals surface area contributed by atoms with Gasteiger partial charge in [-0.3, -0.25) is 4.79 Å². The van der Waals surface area contributed by atoms with E-state index < -0.39 is 9.84 Å².